The Morgan fingerprint density at radius 2 is 0.891 bits per heavy atom. The quantitative estimate of drug-likeness (QED) is 0.177. The lowest BCUT2D eigenvalue weighted by Crippen LogP contribution is -2.10. The van der Waals surface area contributed by atoms with Crippen LogP contribution in [-0.4, -0.2) is 0 Å². The fourth-order valence-electron chi connectivity index (χ4n) is 6.74. The fourth-order valence-corrected chi connectivity index (χ4v) is 7.87. The lowest BCUT2D eigenvalue weighted by molar-refractivity contribution is 1.29. The Kier molecular flexibility index (Phi) is 6.40. The van der Waals surface area contributed by atoms with E-state index in [0.29, 0.717) is 0 Å². The lowest BCUT2D eigenvalue weighted by atomic mass is 9.98. The van der Waals surface area contributed by atoms with Gasteiger partial charge in [-0.2, -0.15) is 0 Å². The van der Waals surface area contributed by atoms with Gasteiger partial charge in [0.2, 0.25) is 0 Å². The lowest BCUT2D eigenvalue weighted by Gasteiger charge is -2.27. The Bertz CT molecular complexity index is 2510. The molecule has 0 N–H and O–H groups in total. The Morgan fingerprint density at radius 3 is 1.70 bits per heavy atom. The molecule has 0 fully saturated rings. The minimum absolute atomic E-state index is 1.12. The number of benzene rings is 8. The predicted octanol–water partition coefficient (Wildman–Crippen LogP) is 13.2. The van der Waals surface area contributed by atoms with Crippen molar-refractivity contribution in [1.29, 1.82) is 0 Å². The molecule has 0 saturated carbocycles. The highest BCUT2D eigenvalue weighted by Gasteiger charge is 2.16. The van der Waals surface area contributed by atoms with Crippen molar-refractivity contribution in [2.24, 2.45) is 0 Å². The van der Waals surface area contributed by atoms with Crippen LogP contribution in [0.3, 0.4) is 0 Å². The van der Waals surface area contributed by atoms with Crippen molar-refractivity contribution in [3.63, 3.8) is 0 Å². The summed E-state index contributed by atoms with van der Waals surface area (Å²) in [6.07, 6.45) is 0. The van der Waals surface area contributed by atoms with Gasteiger partial charge in [-0.3, -0.25) is 0 Å². The van der Waals surface area contributed by atoms with Gasteiger partial charge < -0.3 is 4.90 Å². The van der Waals surface area contributed by atoms with Crippen LogP contribution in [0.1, 0.15) is 0 Å². The first-order valence-electron chi connectivity index (χ1n) is 15.7. The summed E-state index contributed by atoms with van der Waals surface area (Å²) in [7, 11) is 0. The summed E-state index contributed by atoms with van der Waals surface area (Å²) in [5, 5.41) is 7.72. The molecule has 0 radical (unpaired) electrons. The van der Waals surface area contributed by atoms with Crippen molar-refractivity contribution in [2.75, 3.05) is 4.90 Å². The molecule has 0 spiro atoms. The molecular formula is C44H29NS. The van der Waals surface area contributed by atoms with Crippen LogP contribution in [0.2, 0.25) is 0 Å². The number of nitrogens with zero attached hydrogens (tertiary/aromatic N) is 1. The van der Waals surface area contributed by atoms with E-state index in [0.717, 1.165) is 17.1 Å². The summed E-state index contributed by atoms with van der Waals surface area (Å²) in [5.41, 5.74) is 8.21. The number of hydrogen-bond acceptors (Lipinski definition) is 2. The average molecular weight is 604 g/mol. The van der Waals surface area contributed by atoms with Crippen LogP contribution in [0.15, 0.2) is 176 Å². The van der Waals surface area contributed by atoms with Crippen molar-refractivity contribution in [3.05, 3.63) is 176 Å². The number of rotatable bonds is 5. The van der Waals surface area contributed by atoms with Gasteiger partial charge in [0.05, 0.1) is 0 Å². The summed E-state index contributed by atoms with van der Waals surface area (Å²) >= 11 is 1.88. The first-order valence-corrected chi connectivity index (χ1v) is 16.5. The first kappa shape index (κ1) is 26.7. The van der Waals surface area contributed by atoms with E-state index in [2.05, 4.69) is 181 Å². The smallest absolute Gasteiger partial charge is 0.0468 e. The maximum atomic E-state index is 2.41. The van der Waals surface area contributed by atoms with Gasteiger partial charge in [0.15, 0.2) is 0 Å². The summed E-state index contributed by atoms with van der Waals surface area (Å²) in [5.74, 6) is 0. The van der Waals surface area contributed by atoms with Crippen molar-refractivity contribution < 1.29 is 0 Å². The van der Waals surface area contributed by atoms with Crippen molar-refractivity contribution in [3.8, 4) is 22.3 Å². The topological polar surface area (TPSA) is 3.24 Å². The second-order valence-corrected chi connectivity index (χ2v) is 12.9. The van der Waals surface area contributed by atoms with Crippen LogP contribution in [0.4, 0.5) is 17.1 Å². The third-order valence-corrected chi connectivity index (χ3v) is 10.2. The van der Waals surface area contributed by atoms with Gasteiger partial charge in [-0.15, -0.1) is 11.3 Å². The largest absolute Gasteiger partial charge is 0.310 e. The predicted molar refractivity (Wildman–Crippen MR) is 200 cm³/mol. The number of fused-ring (bicyclic) bond motifs is 6. The van der Waals surface area contributed by atoms with Crippen molar-refractivity contribution >= 4 is 70.1 Å². The molecule has 2 heteroatoms. The van der Waals surface area contributed by atoms with E-state index in [4.69, 9.17) is 0 Å². The third kappa shape index (κ3) is 4.63. The molecule has 1 nitrogen and oxygen atoms in total. The fraction of sp³-hybridized carbons (Fsp3) is 0. The van der Waals surface area contributed by atoms with E-state index in [1.165, 1.54) is 64.0 Å². The molecule has 1 heterocycles. The van der Waals surface area contributed by atoms with Crippen LogP contribution in [-0.2, 0) is 0 Å². The zero-order valence-electron chi connectivity index (χ0n) is 25.1. The molecule has 216 valence electrons. The van der Waals surface area contributed by atoms with Gasteiger partial charge >= 0.3 is 0 Å². The Balaban J connectivity index is 1.24. The molecule has 9 rings (SSSR count). The Labute approximate surface area is 272 Å². The van der Waals surface area contributed by atoms with Gasteiger partial charge in [-0.25, -0.2) is 0 Å². The maximum absolute atomic E-state index is 2.41. The third-order valence-electron chi connectivity index (χ3n) is 9.02. The van der Waals surface area contributed by atoms with Crippen molar-refractivity contribution in [1.82, 2.24) is 0 Å². The van der Waals surface area contributed by atoms with Crippen LogP contribution < -0.4 is 4.90 Å². The normalized spacial score (nSPS) is 11.5. The monoisotopic (exact) mass is 603 g/mol. The highest BCUT2D eigenvalue weighted by Crippen LogP contribution is 2.42. The van der Waals surface area contributed by atoms with E-state index in [-0.39, 0.29) is 0 Å². The number of hydrogen-bond donors (Lipinski definition) is 0. The molecule has 0 aliphatic carbocycles. The summed E-state index contributed by atoms with van der Waals surface area (Å²) in [6.45, 7) is 0. The Morgan fingerprint density at radius 1 is 0.304 bits per heavy atom. The van der Waals surface area contributed by atoms with E-state index in [1.54, 1.807) is 0 Å². The highest BCUT2D eigenvalue weighted by atomic mass is 32.1. The standard InChI is InChI=1S/C44H29NS/c1-3-10-30(11-4-1)32-20-23-36(24-21-32)45(37-15-9-14-34(26-37)31-12-5-2-6-13-31)38-25-22-33-18-19-35-27-44-42(29-41(35)40(33)28-38)39-16-7-8-17-43(39)46-44/h1-29H. The molecule has 0 aliphatic rings. The van der Waals surface area contributed by atoms with Gasteiger partial charge in [-0.05, 0) is 98.4 Å². The summed E-state index contributed by atoms with van der Waals surface area (Å²) < 4.78 is 2.67. The zero-order valence-corrected chi connectivity index (χ0v) is 25.9. The van der Waals surface area contributed by atoms with Crippen LogP contribution >= 0.6 is 11.3 Å². The summed E-state index contributed by atoms with van der Waals surface area (Å²) in [6, 6.07) is 64.0. The van der Waals surface area contributed by atoms with E-state index in [9.17, 15) is 0 Å². The molecule has 0 saturated heterocycles. The van der Waals surface area contributed by atoms with E-state index >= 15 is 0 Å². The molecule has 0 amide bonds. The second-order valence-electron chi connectivity index (χ2n) is 11.8. The van der Waals surface area contributed by atoms with E-state index < -0.39 is 0 Å². The zero-order chi connectivity index (χ0) is 30.5. The summed E-state index contributed by atoms with van der Waals surface area (Å²) in [4.78, 5) is 2.39. The maximum Gasteiger partial charge on any atom is 0.0468 e. The van der Waals surface area contributed by atoms with Gasteiger partial charge in [0.25, 0.3) is 0 Å². The molecular weight excluding hydrogens is 575 g/mol. The molecule has 0 unspecified atom stereocenters. The van der Waals surface area contributed by atoms with Gasteiger partial charge in [0.1, 0.15) is 0 Å². The SMILES string of the molecule is c1ccc(-c2ccc(N(c3cccc(-c4ccccc4)c3)c3ccc4ccc5cc6sc7ccccc7c6cc5c4c3)cc2)cc1. The minimum atomic E-state index is 1.12. The second kappa shape index (κ2) is 11.0. The Hall–Kier alpha value is -5.70. The first-order chi connectivity index (χ1) is 22.8. The number of anilines is 3. The van der Waals surface area contributed by atoms with Crippen LogP contribution in [0.5, 0.6) is 0 Å². The van der Waals surface area contributed by atoms with Crippen molar-refractivity contribution in [2.45, 2.75) is 0 Å². The van der Waals surface area contributed by atoms with Crippen LogP contribution in [0.25, 0.3) is 64.0 Å². The van der Waals surface area contributed by atoms with Crippen LogP contribution in [0, 0.1) is 0 Å². The molecule has 1 aromatic heterocycles. The number of thiophene rings is 1. The molecule has 9 aromatic rings. The molecule has 8 aromatic carbocycles. The van der Waals surface area contributed by atoms with Gasteiger partial charge in [0, 0.05) is 37.2 Å². The molecule has 0 atom stereocenters. The molecule has 0 bridgehead atoms. The highest BCUT2D eigenvalue weighted by molar-refractivity contribution is 7.25. The van der Waals surface area contributed by atoms with E-state index in [1.807, 2.05) is 11.3 Å². The minimum Gasteiger partial charge on any atom is -0.310 e. The molecule has 46 heavy (non-hydrogen) atoms. The average Bonchev–Trinajstić information content (AvgIpc) is 3.49. The van der Waals surface area contributed by atoms with Gasteiger partial charge in [-0.1, -0.05) is 121 Å². The molecule has 0 aliphatic heterocycles.